The number of carbonyl (C=O) groups excluding carboxylic acids is 1. The Morgan fingerprint density at radius 2 is 1.72 bits per heavy atom. The SMILES string of the molecule is COc1cc(OC)cc(C(=O)Nc2ccc(N3CCCC3)nc2C)c1. The van der Waals surface area contributed by atoms with Crippen LogP contribution in [0.2, 0.25) is 0 Å². The van der Waals surface area contributed by atoms with Crippen molar-refractivity contribution in [2.45, 2.75) is 19.8 Å². The van der Waals surface area contributed by atoms with Crippen LogP contribution in [0, 0.1) is 6.92 Å². The Hall–Kier alpha value is -2.76. The first kappa shape index (κ1) is 17.1. The molecule has 1 aromatic heterocycles. The first-order valence-corrected chi connectivity index (χ1v) is 8.37. The molecule has 1 aliphatic heterocycles. The van der Waals surface area contributed by atoms with Gasteiger partial charge >= 0.3 is 0 Å². The van der Waals surface area contributed by atoms with Crippen LogP contribution in [0.5, 0.6) is 11.5 Å². The van der Waals surface area contributed by atoms with Gasteiger partial charge in [-0.2, -0.15) is 0 Å². The number of anilines is 2. The lowest BCUT2D eigenvalue weighted by atomic mass is 10.1. The molecule has 1 N–H and O–H groups in total. The van der Waals surface area contributed by atoms with E-state index >= 15 is 0 Å². The maximum atomic E-state index is 12.6. The molecule has 1 aliphatic rings. The molecule has 1 amide bonds. The molecule has 0 aliphatic carbocycles. The molecule has 25 heavy (non-hydrogen) atoms. The van der Waals surface area contributed by atoms with E-state index in [2.05, 4.69) is 15.2 Å². The van der Waals surface area contributed by atoms with Gasteiger partial charge < -0.3 is 19.7 Å². The number of benzene rings is 1. The zero-order chi connectivity index (χ0) is 17.8. The van der Waals surface area contributed by atoms with Crippen molar-refractivity contribution in [1.29, 1.82) is 0 Å². The average Bonchev–Trinajstić information content (AvgIpc) is 3.17. The van der Waals surface area contributed by atoms with Crippen LogP contribution in [0.15, 0.2) is 30.3 Å². The van der Waals surface area contributed by atoms with Gasteiger partial charge in [0.1, 0.15) is 17.3 Å². The summed E-state index contributed by atoms with van der Waals surface area (Å²) < 4.78 is 10.4. The fourth-order valence-corrected chi connectivity index (χ4v) is 2.94. The largest absolute Gasteiger partial charge is 0.497 e. The zero-order valence-corrected chi connectivity index (χ0v) is 14.8. The number of methoxy groups -OCH3 is 2. The smallest absolute Gasteiger partial charge is 0.255 e. The van der Waals surface area contributed by atoms with E-state index in [1.54, 1.807) is 32.4 Å². The van der Waals surface area contributed by atoms with E-state index in [0.717, 1.165) is 24.6 Å². The molecule has 6 nitrogen and oxygen atoms in total. The lowest BCUT2D eigenvalue weighted by Gasteiger charge is -2.18. The second kappa shape index (κ2) is 7.42. The van der Waals surface area contributed by atoms with E-state index in [0.29, 0.717) is 22.7 Å². The maximum absolute atomic E-state index is 12.6. The molecule has 1 fully saturated rings. The molecular formula is C19H23N3O3. The Kier molecular flexibility index (Phi) is 5.07. The molecule has 1 saturated heterocycles. The fraction of sp³-hybridized carbons (Fsp3) is 0.368. The molecule has 6 heteroatoms. The van der Waals surface area contributed by atoms with Gasteiger partial charge in [-0.25, -0.2) is 4.98 Å². The number of nitrogens with zero attached hydrogens (tertiary/aromatic N) is 2. The van der Waals surface area contributed by atoms with E-state index in [4.69, 9.17) is 9.47 Å². The predicted molar refractivity (Wildman–Crippen MR) is 97.9 cm³/mol. The van der Waals surface area contributed by atoms with Gasteiger partial charge in [-0.05, 0) is 44.0 Å². The van der Waals surface area contributed by atoms with Crippen molar-refractivity contribution in [3.63, 3.8) is 0 Å². The summed E-state index contributed by atoms with van der Waals surface area (Å²) in [5.41, 5.74) is 1.97. The van der Waals surface area contributed by atoms with Crippen LogP contribution >= 0.6 is 0 Å². The highest BCUT2D eigenvalue weighted by molar-refractivity contribution is 6.05. The highest BCUT2D eigenvalue weighted by Crippen LogP contribution is 2.25. The molecule has 2 aromatic rings. The zero-order valence-electron chi connectivity index (χ0n) is 14.8. The Balaban J connectivity index is 1.78. The van der Waals surface area contributed by atoms with Crippen molar-refractivity contribution < 1.29 is 14.3 Å². The van der Waals surface area contributed by atoms with E-state index in [-0.39, 0.29) is 5.91 Å². The maximum Gasteiger partial charge on any atom is 0.255 e. The molecule has 0 atom stereocenters. The van der Waals surface area contributed by atoms with Gasteiger partial charge in [0.2, 0.25) is 0 Å². The van der Waals surface area contributed by atoms with Gasteiger partial charge in [0.05, 0.1) is 25.6 Å². The third-order valence-electron chi connectivity index (χ3n) is 4.36. The quantitative estimate of drug-likeness (QED) is 0.904. The van der Waals surface area contributed by atoms with E-state index < -0.39 is 0 Å². The number of pyridine rings is 1. The lowest BCUT2D eigenvalue weighted by molar-refractivity contribution is 0.102. The summed E-state index contributed by atoms with van der Waals surface area (Å²) in [7, 11) is 3.11. The lowest BCUT2D eigenvalue weighted by Crippen LogP contribution is -2.20. The molecule has 1 aromatic carbocycles. The van der Waals surface area contributed by atoms with Gasteiger partial charge in [0, 0.05) is 24.7 Å². The van der Waals surface area contributed by atoms with Crippen LogP contribution in [0.4, 0.5) is 11.5 Å². The minimum absolute atomic E-state index is 0.226. The van der Waals surface area contributed by atoms with Gasteiger partial charge in [0.25, 0.3) is 5.91 Å². The third-order valence-corrected chi connectivity index (χ3v) is 4.36. The second-order valence-electron chi connectivity index (χ2n) is 6.05. The van der Waals surface area contributed by atoms with Crippen molar-refractivity contribution >= 4 is 17.4 Å². The number of carbonyl (C=O) groups is 1. The van der Waals surface area contributed by atoms with Crippen molar-refractivity contribution in [3.8, 4) is 11.5 Å². The van der Waals surface area contributed by atoms with Crippen LogP contribution in [-0.2, 0) is 0 Å². The number of aryl methyl sites for hydroxylation is 1. The summed E-state index contributed by atoms with van der Waals surface area (Å²) >= 11 is 0. The first-order valence-electron chi connectivity index (χ1n) is 8.37. The number of aromatic nitrogens is 1. The topological polar surface area (TPSA) is 63.7 Å². The Bertz CT molecular complexity index is 748. The Labute approximate surface area is 147 Å². The molecule has 3 rings (SSSR count). The van der Waals surface area contributed by atoms with Gasteiger partial charge in [-0.1, -0.05) is 0 Å². The van der Waals surface area contributed by atoms with Gasteiger partial charge in [0.15, 0.2) is 0 Å². The van der Waals surface area contributed by atoms with Crippen LogP contribution in [-0.4, -0.2) is 38.2 Å². The minimum atomic E-state index is -0.226. The minimum Gasteiger partial charge on any atom is -0.497 e. The number of hydrogen-bond acceptors (Lipinski definition) is 5. The monoisotopic (exact) mass is 341 g/mol. The molecule has 0 saturated carbocycles. The van der Waals surface area contributed by atoms with E-state index in [9.17, 15) is 4.79 Å². The second-order valence-corrected chi connectivity index (χ2v) is 6.05. The molecular weight excluding hydrogens is 318 g/mol. The van der Waals surface area contributed by atoms with Crippen molar-refractivity contribution in [3.05, 3.63) is 41.6 Å². The van der Waals surface area contributed by atoms with Crippen LogP contribution in [0.1, 0.15) is 28.9 Å². The summed E-state index contributed by atoms with van der Waals surface area (Å²) in [4.78, 5) is 19.5. The normalized spacial score (nSPS) is 13.6. The molecule has 0 spiro atoms. The van der Waals surface area contributed by atoms with E-state index in [1.807, 2.05) is 19.1 Å². The Morgan fingerprint density at radius 3 is 2.28 bits per heavy atom. The number of hydrogen-bond donors (Lipinski definition) is 1. The number of ether oxygens (including phenoxy) is 2. The Morgan fingerprint density at radius 1 is 1.08 bits per heavy atom. The van der Waals surface area contributed by atoms with E-state index in [1.165, 1.54) is 12.8 Å². The highest BCUT2D eigenvalue weighted by Gasteiger charge is 2.16. The molecule has 132 valence electrons. The van der Waals surface area contributed by atoms with Gasteiger partial charge in [-0.3, -0.25) is 4.79 Å². The van der Waals surface area contributed by atoms with Crippen LogP contribution < -0.4 is 19.7 Å². The molecule has 0 unspecified atom stereocenters. The summed E-state index contributed by atoms with van der Waals surface area (Å²) in [6.45, 7) is 3.99. The van der Waals surface area contributed by atoms with Crippen molar-refractivity contribution in [2.24, 2.45) is 0 Å². The van der Waals surface area contributed by atoms with Crippen LogP contribution in [0.25, 0.3) is 0 Å². The molecule has 2 heterocycles. The third kappa shape index (κ3) is 3.84. The summed E-state index contributed by atoms with van der Waals surface area (Å²) in [5.74, 6) is 1.89. The molecule has 0 radical (unpaired) electrons. The van der Waals surface area contributed by atoms with Crippen LogP contribution in [0.3, 0.4) is 0 Å². The summed E-state index contributed by atoms with van der Waals surface area (Å²) in [6.07, 6.45) is 2.41. The molecule has 0 bridgehead atoms. The standard InChI is InChI=1S/C19H23N3O3/c1-13-17(6-7-18(20-13)22-8-4-5-9-22)21-19(23)14-10-15(24-2)12-16(11-14)25-3/h6-7,10-12H,4-5,8-9H2,1-3H3,(H,21,23). The fourth-order valence-electron chi connectivity index (χ4n) is 2.94. The van der Waals surface area contributed by atoms with Crippen molar-refractivity contribution in [1.82, 2.24) is 4.98 Å². The summed E-state index contributed by atoms with van der Waals surface area (Å²) in [6, 6.07) is 8.96. The highest BCUT2D eigenvalue weighted by atomic mass is 16.5. The number of amides is 1. The number of nitrogens with one attached hydrogen (secondary N) is 1. The number of rotatable bonds is 5. The average molecular weight is 341 g/mol. The first-order chi connectivity index (χ1) is 12.1. The van der Waals surface area contributed by atoms with Gasteiger partial charge in [-0.15, -0.1) is 0 Å². The summed E-state index contributed by atoms with van der Waals surface area (Å²) in [5, 5.41) is 2.92. The van der Waals surface area contributed by atoms with Crippen molar-refractivity contribution in [2.75, 3.05) is 37.5 Å². The predicted octanol–water partition coefficient (Wildman–Crippen LogP) is 3.26.